The molecule has 0 atom stereocenters. The minimum atomic E-state index is -1.26. The lowest BCUT2D eigenvalue weighted by Crippen LogP contribution is -2.00. The Balaban J connectivity index is 2.49. The molecule has 0 saturated heterocycles. The van der Waals surface area contributed by atoms with Gasteiger partial charge in [0.25, 0.3) is 0 Å². The molecule has 0 heterocycles. The number of hydrogen-bond donors (Lipinski definition) is 1. The zero-order valence-corrected chi connectivity index (χ0v) is 11.4. The van der Waals surface area contributed by atoms with Crippen LogP contribution in [0.5, 0.6) is 11.5 Å². The van der Waals surface area contributed by atoms with Crippen LogP contribution in [-0.4, -0.2) is 16.0 Å². The molecular weight excluding hydrogens is 302 g/mol. The van der Waals surface area contributed by atoms with Crippen molar-refractivity contribution in [2.75, 3.05) is 0 Å². The highest BCUT2D eigenvalue weighted by molar-refractivity contribution is 5.88. The first-order valence-electron chi connectivity index (χ1n) is 6.10. The van der Waals surface area contributed by atoms with Gasteiger partial charge in [-0.25, -0.2) is 4.79 Å². The Kier molecular flexibility index (Phi) is 4.20. The zero-order valence-electron chi connectivity index (χ0n) is 11.4. The molecule has 2 rings (SSSR count). The predicted molar refractivity (Wildman–Crippen MR) is 76.0 cm³/mol. The molecule has 0 aliphatic carbocycles. The van der Waals surface area contributed by atoms with E-state index in [4.69, 9.17) is 20.4 Å². The third kappa shape index (κ3) is 3.23. The second-order valence-electron chi connectivity index (χ2n) is 4.28. The van der Waals surface area contributed by atoms with Crippen molar-refractivity contribution in [3.8, 4) is 23.6 Å². The average Bonchev–Trinajstić information content (AvgIpc) is 2.54. The smallest absolute Gasteiger partial charge is 0.335 e. The van der Waals surface area contributed by atoms with Crippen LogP contribution in [0.25, 0.3) is 0 Å². The maximum Gasteiger partial charge on any atom is 0.335 e. The van der Waals surface area contributed by atoms with Crippen LogP contribution < -0.4 is 4.74 Å². The van der Waals surface area contributed by atoms with Crippen molar-refractivity contribution in [2.45, 2.75) is 0 Å². The molecule has 0 amide bonds. The highest BCUT2D eigenvalue weighted by atomic mass is 16.6. The molecule has 112 valence electrons. The number of nitro groups is 1. The van der Waals surface area contributed by atoms with Gasteiger partial charge in [0.1, 0.15) is 17.9 Å². The van der Waals surface area contributed by atoms with E-state index in [2.05, 4.69) is 0 Å². The number of nitrogens with zero attached hydrogens (tertiary/aromatic N) is 3. The summed E-state index contributed by atoms with van der Waals surface area (Å²) in [6.07, 6.45) is 0. The van der Waals surface area contributed by atoms with E-state index < -0.39 is 16.6 Å². The van der Waals surface area contributed by atoms with Crippen molar-refractivity contribution in [3.05, 3.63) is 63.2 Å². The van der Waals surface area contributed by atoms with Crippen LogP contribution in [0.15, 0.2) is 36.4 Å². The van der Waals surface area contributed by atoms with Crippen LogP contribution in [0.2, 0.25) is 0 Å². The molecule has 0 unspecified atom stereocenters. The molecule has 0 spiro atoms. The third-order valence-corrected chi connectivity index (χ3v) is 2.86. The molecule has 0 aliphatic rings. The van der Waals surface area contributed by atoms with E-state index >= 15 is 0 Å². The number of carbonyl (C=O) groups is 1. The predicted octanol–water partition coefficient (Wildman–Crippen LogP) is 2.83. The molecule has 0 aliphatic heterocycles. The van der Waals surface area contributed by atoms with Crippen molar-refractivity contribution in [3.63, 3.8) is 0 Å². The molecule has 8 heteroatoms. The molecule has 2 aromatic carbocycles. The summed E-state index contributed by atoms with van der Waals surface area (Å²) >= 11 is 0. The Morgan fingerprint density at radius 3 is 2.39 bits per heavy atom. The summed E-state index contributed by atoms with van der Waals surface area (Å²) in [5.41, 5.74) is -0.423. The Morgan fingerprint density at radius 2 is 1.83 bits per heavy atom. The molecule has 23 heavy (non-hydrogen) atoms. The van der Waals surface area contributed by atoms with Gasteiger partial charge in [-0.05, 0) is 24.3 Å². The van der Waals surface area contributed by atoms with Gasteiger partial charge in [-0.1, -0.05) is 0 Å². The number of carboxylic acids is 1. The van der Waals surface area contributed by atoms with Crippen LogP contribution in [-0.2, 0) is 0 Å². The first-order chi connectivity index (χ1) is 11.0. The van der Waals surface area contributed by atoms with Crippen LogP contribution in [0.1, 0.15) is 21.5 Å². The number of ether oxygens (including phenoxy) is 1. The summed E-state index contributed by atoms with van der Waals surface area (Å²) in [6, 6.07) is 10.7. The van der Waals surface area contributed by atoms with Gasteiger partial charge in [-0.2, -0.15) is 10.5 Å². The molecule has 0 aromatic heterocycles. The highest BCUT2D eigenvalue weighted by Crippen LogP contribution is 2.33. The first-order valence-corrected chi connectivity index (χ1v) is 6.10. The zero-order chi connectivity index (χ0) is 17.0. The minimum Gasteiger partial charge on any atom is -0.478 e. The van der Waals surface area contributed by atoms with Gasteiger partial charge in [0, 0.05) is 12.1 Å². The largest absolute Gasteiger partial charge is 0.478 e. The topological polar surface area (TPSA) is 137 Å². The summed E-state index contributed by atoms with van der Waals surface area (Å²) < 4.78 is 5.34. The van der Waals surface area contributed by atoms with E-state index in [9.17, 15) is 14.9 Å². The molecular formula is C15H7N3O5. The van der Waals surface area contributed by atoms with E-state index in [1.54, 1.807) is 0 Å². The second kappa shape index (κ2) is 6.24. The number of carboxylic acid groups (broad SMARTS) is 1. The van der Waals surface area contributed by atoms with Gasteiger partial charge in [0.05, 0.1) is 21.6 Å². The summed E-state index contributed by atoms with van der Waals surface area (Å²) in [6.45, 7) is 0. The van der Waals surface area contributed by atoms with Crippen molar-refractivity contribution in [1.29, 1.82) is 10.5 Å². The fourth-order valence-corrected chi connectivity index (χ4v) is 1.78. The standard InChI is InChI=1S/C15H7N3O5/c16-7-10-1-3-12(5-11(10)8-17)23-14-6-9(15(19)20)2-4-13(14)18(21)22/h1-6H,(H,19,20). The van der Waals surface area contributed by atoms with Gasteiger partial charge in [-0.3, -0.25) is 10.1 Å². The quantitative estimate of drug-likeness (QED) is 0.676. The van der Waals surface area contributed by atoms with Crippen LogP contribution in [0.3, 0.4) is 0 Å². The summed E-state index contributed by atoms with van der Waals surface area (Å²) in [5.74, 6) is -1.46. The fourth-order valence-electron chi connectivity index (χ4n) is 1.78. The minimum absolute atomic E-state index is 0.0436. The van der Waals surface area contributed by atoms with E-state index in [1.165, 1.54) is 18.2 Å². The number of hydrogen-bond acceptors (Lipinski definition) is 6. The number of benzene rings is 2. The number of aromatic carboxylic acids is 1. The van der Waals surface area contributed by atoms with Crippen LogP contribution in [0.4, 0.5) is 5.69 Å². The monoisotopic (exact) mass is 309 g/mol. The lowest BCUT2D eigenvalue weighted by Gasteiger charge is -2.08. The summed E-state index contributed by atoms with van der Waals surface area (Å²) in [7, 11) is 0. The highest BCUT2D eigenvalue weighted by Gasteiger charge is 2.19. The number of nitriles is 2. The third-order valence-electron chi connectivity index (χ3n) is 2.86. The summed E-state index contributed by atoms with van der Waals surface area (Å²) in [4.78, 5) is 21.3. The van der Waals surface area contributed by atoms with Crippen molar-refractivity contribution in [1.82, 2.24) is 0 Å². The Hall–Kier alpha value is -3.91. The van der Waals surface area contributed by atoms with E-state index in [0.29, 0.717) is 0 Å². The normalized spacial score (nSPS) is 9.48. The second-order valence-corrected chi connectivity index (χ2v) is 4.28. The lowest BCUT2D eigenvalue weighted by molar-refractivity contribution is -0.385. The Labute approximate surface area is 129 Å². The van der Waals surface area contributed by atoms with E-state index in [0.717, 1.165) is 18.2 Å². The molecule has 0 saturated carbocycles. The summed E-state index contributed by atoms with van der Waals surface area (Å²) in [5, 5.41) is 37.8. The van der Waals surface area contributed by atoms with Gasteiger partial charge in [0.15, 0.2) is 0 Å². The number of nitro benzene ring substituents is 1. The van der Waals surface area contributed by atoms with E-state index in [1.807, 2.05) is 12.1 Å². The average molecular weight is 309 g/mol. The Morgan fingerprint density at radius 1 is 1.13 bits per heavy atom. The molecule has 1 N–H and O–H groups in total. The van der Waals surface area contributed by atoms with Crippen molar-refractivity contribution in [2.24, 2.45) is 0 Å². The molecule has 0 bridgehead atoms. The van der Waals surface area contributed by atoms with E-state index in [-0.39, 0.29) is 28.2 Å². The number of rotatable bonds is 4. The van der Waals surface area contributed by atoms with Gasteiger partial charge in [-0.15, -0.1) is 0 Å². The van der Waals surface area contributed by atoms with Crippen LogP contribution in [0, 0.1) is 32.8 Å². The lowest BCUT2D eigenvalue weighted by atomic mass is 10.1. The first kappa shape index (κ1) is 15.5. The molecule has 0 fully saturated rings. The molecule has 8 nitrogen and oxygen atoms in total. The van der Waals surface area contributed by atoms with Gasteiger partial charge >= 0.3 is 11.7 Å². The molecule has 2 aromatic rings. The van der Waals surface area contributed by atoms with Crippen molar-refractivity contribution < 1.29 is 19.6 Å². The van der Waals surface area contributed by atoms with Crippen molar-refractivity contribution >= 4 is 11.7 Å². The Bertz CT molecular complexity index is 893. The fraction of sp³-hybridized carbons (Fsp3) is 0. The van der Waals surface area contributed by atoms with Gasteiger partial charge < -0.3 is 9.84 Å². The van der Waals surface area contributed by atoms with Crippen LogP contribution >= 0.6 is 0 Å². The maximum atomic E-state index is 11.0. The molecule has 0 radical (unpaired) electrons. The maximum absolute atomic E-state index is 11.0. The van der Waals surface area contributed by atoms with Gasteiger partial charge in [0.2, 0.25) is 5.75 Å². The SMILES string of the molecule is N#Cc1ccc(Oc2cc(C(=O)O)ccc2[N+](=O)[O-])cc1C#N.